The molecule has 122 valence electrons. The van der Waals surface area contributed by atoms with Crippen LogP contribution in [-0.4, -0.2) is 10.5 Å². The number of hydrogen-bond acceptors (Lipinski definition) is 2. The highest BCUT2D eigenvalue weighted by Gasteiger charge is 2.34. The third-order valence-electron chi connectivity index (χ3n) is 3.04. The standard InChI is InChI=1S/C15H12F4N2O2/c1-9-4-5-11(16)12(7-9)20-13(22)8-21-6-2-3-10(14(21)23)15(17,18)19/h2-7H,8H2,1H3,(H,20,22). The molecule has 0 radical (unpaired) electrons. The zero-order chi connectivity index (χ0) is 17.2. The summed E-state index contributed by atoms with van der Waals surface area (Å²) in [6.45, 7) is 1.03. The number of halogens is 4. The Labute approximate surface area is 128 Å². The fraction of sp³-hybridized carbons (Fsp3) is 0.200. The van der Waals surface area contributed by atoms with Gasteiger partial charge in [-0.2, -0.15) is 13.2 Å². The van der Waals surface area contributed by atoms with E-state index in [4.69, 9.17) is 0 Å². The maximum atomic E-state index is 13.5. The van der Waals surface area contributed by atoms with E-state index in [1.807, 2.05) is 0 Å². The molecule has 0 saturated heterocycles. The Morgan fingerprint density at radius 2 is 1.96 bits per heavy atom. The number of pyridine rings is 1. The Morgan fingerprint density at radius 3 is 2.61 bits per heavy atom. The van der Waals surface area contributed by atoms with Gasteiger partial charge in [0.15, 0.2) is 0 Å². The fourth-order valence-electron chi connectivity index (χ4n) is 1.96. The minimum atomic E-state index is -4.81. The number of nitrogens with one attached hydrogen (secondary N) is 1. The first kappa shape index (κ1) is 16.7. The summed E-state index contributed by atoms with van der Waals surface area (Å²) >= 11 is 0. The number of aryl methyl sites for hydroxylation is 1. The van der Waals surface area contributed by atoms with Gasteiger partial charge in [-0.25, -0.2) is 4.39 Å². The molecule has 0 aliphatic carbocycles. The number of amides is 1. The zero-order valence-electron chi connectivity index (χ0n) is 11.9. The van der Waals surface area contributed by atoms with E-state index in [1.165, 1.54) is 12.1 Å². The summed E-state index contributed by atoms with van der Waals surface area (Å²) in [6.07, 6.45) is -3.75. The van der Waals surface area contributed by atoms with E-state index >= 15 is 0 Å². The van der Waals surface area contributed by atoms with Crippen molar-refractivity contribution < 1.29 is 22.4 Å². The van der Waals surface area contributed by atoms with Gasteiger partial charge >= 0.3 is 6.18 Å². The number of hydrogen-bond donors (Lipinski definition) is 1. The van der Waals surface area contributed by atoms with Crippen molar-refractivity contribution in [1.29, 1.82) is 0 Å². The predicted molar refractivity (Wildman–Crippen MR) is 75.5 cm³/mol. The van der Waals surface area contributed by atoms with Crippen molar-refractivity contribution in [1.82, 2.24) is 4.57 Å². The Bertz CT molecular complexity index is 797. The molecule has 1 heterocycles. The molecule has 0 bridgehead atoms. The monoisotopic (exact) mass is 328 g/mol. The molecule has 0 unspecified atom stereocenters. The molecule has 1 amide bonds. The Hall–Kier alpha value is -2.64. The van der Waals surface area contributed by atoms with Crippen LogP contribution in [-0.2, 0) is 17.5 Å². The number of nitrogens with zero attached hydrogens (tertiary/aromatic N) is 1. The lowest BCUT2D eigenvalue weighted by Crippen LogP contribution is -2.32. The molecule has 0 aliphatic rings. The van der Waals surface area contributed by atoms with Crippen LogP contribution in [0.4, 0.5) is 23.2 Å². The van der Waals surface area contributed by atoms with Crippen LogP contribution in [0.5, 0.6) is 0 Å². The number of benzene rings is 1. The van der Waals surface area contributed by atoms with Crippen LogP contribution in [0.15, 0.2) is 41.3 Å². The second kappa shape index (κ2) is 6.23. The first-order valence-electron chi connectivity index (χ1n) is 6.51. The second-order valence-electron chi connectivity index (χ2n) is 4.88. The predicted octanol–water partition coefficient (Wildman–Crippen LogP) is 2.95. The van der Waals surface area contributed by atoms with Crippen LogP contribution in [0.3, 0.4) is 0 Å². The summed E-state index contributed by atoms with van der Waals surface area (Å²) < 4.78 is 52.1. The quantitative estimate of drug-likeness (QED) is 0.881. The maximum Gasteiger partial charge on any atom is 0.421 e. The maximum absolute atomic E-state index is 13.5. The van der Waals surface area contributed by atoms with E-state index < -0.39 is 35.6 Å². The van der Waals surface area contributed by atoms with Crippen LogP contribution in [0, 0.1) is 12.7 Å². The van der Waals surface area contributed by atoms with Gasteiger partial charge in [0.2, 0.25) is 5.91 Å². The van der Waals surface area contributed by atoms with Gasteiger partial charge in [-0.1, -0.05) is 6.07 Å². The smallest absolute Gasteiger partial charge is 0.322 e. The molecule has 0 aliphatic heterocycles. The van der Waals surface area contributed by atoms with Crippen LogP contribution >= 0.6 is 0 Å². The molecule has 0 fully saturated rings. The van der Waals surface area contributed by atoms with Crippen molar-refractivity contribution in [2.75, 3.05) is 5.32 Å². The minimum Gasteiger partial charge on any atom is -0.322 e. The summed E-state index contributed by atoms with van der Waals surface area (Å²) in [4.78, 5) is 23.6. The van der Waals surface area contributed by atoms with E-state index in [1.54, 1.807) is 6.92 Å². The third-order valence-corrected chi connectivity index (χ3v) is 3.04. The van der Waals surface area contributed by atoms with Gasteiger partial charge in [-0.15, -0.1) is 0 Å². The van der Waals surface area contributed by atoms with Crippen molar-refractivity contribution >= 4 is 11.6 Å². The lowest BCUT2D eigenvalue weighted by Gasteiger charge is -2.11. The molecule has 0 saturated carbocycles. The average molecular weight is 328 g/mol. The third kappa shape index (κ3) is 3.97. The number of carbonyl (C=O) groups is 1. The van der Waals surface area contributed by atoms with Gasteiger partial charge in [0.25, 0.3) is 5.56 Å². The number of anilines is 1. The lowest BCUT2D eigenvalue weighted by atomic mass is 10.2. The van der Waals surface area contributed by atoms with E-state index in [0.717, 1.165) is 18.3 Å². The minimum absolute atomic E-state index is 0.102. The summed E-state index contributed by atoms with van der Waals surface area (Å²) in [5.41, 5.74) is -2.11. The van der Waals surface area contributed by atoms with Crippen molar-refractivity contribution in [3.8, 4) is 0 Å². The molecule has 0 atom stereocenters. The molecular formula is C15H12F4N2O2. The molecule has 1 aromatic heterocycles. The molecule has 2 rings (SSSR count). The van der Waals surface area contributed by atoms with Crippen LogP contribution in [0.1, 0.15) is 11.1 Å². The highest BCUT2D eigenvalue weighted by Crippen LogP contribution is 2.26. The molecule has 2 aromatic rings. The largest absolute Gasteiger partial charge is 0.421 e. The summed E-state index contributed by atoms with van der Waals surface area (Å²) in [6, 6.07) is 5.69. The first-order chi connectivity index (χ1) is 10.7. The molecule has 1 N–H and O–H groups in total. The highest BCUT2D eigenvalue weighted by molar-refractivity contribution is 5.90. The van der Waals surface area contributed by atoms with Gasteiger partial charge in [0, 0.05) is 6.20 Å². The van der Waals surface area contributed by atoms with Crippen molar-refractivity contribution in [3.05, 3.63) is 63.8 Å². The van der Waals surface area contributed by atoms with Gasteiger partial charge in [-0.05, 0) is 36.8 Å². The van der Waals surface area contributed by atoms with Crippen molar-refractivity contribution in [2.45, 2.75) is 19.6 Å². The van der Waals surface area contributed by atoms with Crippen LogP contribution < -0.4 is 10.9 Å². The Morgan fingerprint density at radius 1 is 1.26 bits per heavy atom. The van der Waals surface area contributed by atoms with E-state index in [2.05, 4.69) is 5.32 Å². The van der Waals surface area contributed by atoms with Crippen LogP contribution in [0.2, 0.25) is 0 Å². The Balaban J connectivity index is 2.21. The van der Waals surface area contributed by atoms with Gasteiger partial charge in [0.05, 0.1) is 5.69 Å². The average Bonchev–Trinajstić information content (AvgIpc) is 2.44. The number of alkyl halides is 3. The van der Waals surface area contributed by atoms with E-state index in [9.17, 15) is 27.2 Å². The van der Waals surface area contributed by atoms with Gasteiger partial charge in [-0.3, -0.25) is 9.59 Å². The molecule has 0 spiro atoms. The second-order valence-corrected chi connectivity index (χ2v) is 4.88. The normalized spacial score (nSPS) is 11.3. The molecule has 23 heavy (non-hydrogen) atoms. The summed E-state index contributed by atoms with van der Waals surface area (Å²) in [7, 11) is 0. The molecule has 8 heteroatoms. The Kier molecular flexibility index (Phi) is 4.53. The molecule has 4 nitrogen and oxygen atoms in total. The zero-order valence-corrected chi connectivity index (χ0v) is 11.9. The van der Waals surface area contributed by atoms with Crippen LogP contribution in [0.25, 0.3) is 0 Å². The van der Waals surface area contributed by atoms with Gasteiger partial charge in [0.1, 0.15) is 17.9 Å². The molecular weight excluding hydrogens is 316 g/mol. The lowest BCUT2D eigenvalue weighted by molar-refractivity contribution is -0.139. The first-order valence-corrected chi connectivity index (χ1v) is 6.51. The van der Waals surface area contributed by atoms with Crippen molar-refractivity contribution in [2.24, 2.45) is 0 Å². The van der Waals surface area contributed by atoms with Crippen molar-refractivity contribution in [3.63, 3.8) is 0 Å². The fourth-order valence-corrected chi connectivity index (χ4v) is 1.96. The topological polar surface area (TPSA) is 51.1 Å². The summed E-state index contributed by atoms with van der Waals surface area (Å²) in [5.74, 6) is -1.49. The highest BCUT2D eigenvalue weighted by atomic mass is 19.4. The SMILES string of the molecule is Cc1ccc(F)c(NC(=O)Cn2cccc(C(F)(F)F)c2=O)c1. The summed E-state index contributed by atoms with van der Waals surface area (Å²) in [5, 5.41) is 2.23. The molecule has 1 aromatic carbocycles. The van der Waals surface area contributed by atoms with Gasteiger partial charge < -0.3 is 9.88 Å². The number of carbonyl (C=O) groups excluding carboxylic acids is 1. The van der Waals surface area contributed by atoms with E-state index in [-0.39, 0.29) is 5.69 Å². The van der Waals surface area contributed by atoms with E-state index in [0.29, 0.717) is 16.2 Å². The number of aromatic nitrogens is 1. The number of rotatable bonds is 3.